The lowest BCUT2D eigenvalue weighted by molar-refractivity contribution is 0.109. The van der Waals surface area contributed by atoms with Crippen molar-refractivity contribution in [2.24, 2.45) is 4.99 Å². The first-order valence-corrected chi connectivity index (χ1v) is 7.22. The summed E-state index contributed by atoms with van der Waals surface area (Å²) < 4.78 is 11.5. The van der Waals surface area contributed by atoms with Gasteiger partial charge in [0.1, 0.15) is 5.54 Å². The van der Waals surface area contributed by atoms with Gasteiger partial charge in [0.15, 0.2) is 11.5 Å². The minimum absolute atomic E-state index is 0.266. The standard InChI is InChI=1S/C16H19NO3/c1-19-14-8-3-7-13(15(14)20-12-5-2-6-12)16(17-11-18)9-4-10-16/h3,7-8,12H,2,4-6,9-10H2,1H3. The normalized spacial score (nSPS) is 20.2. The van der Waals surface area contributed by atoms with Crippen molar-refractivity contribution in [1.82, 2.24) is 0 Å². The van der Waals surface area contributed by atoms with Gasteiger partial charge in [-0.25, -0.2) is 4.79 Å². The summed E-state index contributed by atoms with van der Waals surface area (Å²) in [6, 6.07) is 5.83. The fourth-order valence-electron chi connectivity index (χ4n) is 2.86. The third kappa shape index (κ3) is 2.10. The van der Waals surface area contributed by atoms with E-state index in [-0.39, 0.29) is 6.10 Å². The Morgan fingerprint density at radius 3 is 2.60 bits per heavy atom. The van der Waals surface area contributed by atoms with Crippen LogP contribution < -0.4 is 9.47 Å². The van der Waals surface area contributed by atoms with E-state index >= 15 is 0 Å². The van der Waals surface area contributed by atoms with Gasteiger partial charge >= 0.3 is 0 Å². The van der Waals surface area contributed by atoms with E-state index < -0.39 is 5.54 Å². The zero-order chi connectivity index (χ0) is 14.0. The highest BCUT2D eigenvalue weighted by molar-refractivity contribution is 5.52. The molecule has 0 radical (unpaired) electrons. The van der Waals surface area contributed by atoms with E-state index in [0.717, 1.165) is 49.2 Å². The molecule has 0 N–H and O–H groups in total. The van der Waals surface area contributed by atoms with Crippen LogP contribution in [-0.2, 0) is 10.3 Å². The Morgan fingerprint density at radius 2 is 2.10 bits per heavy atom. The molecular formula is C16H19NO3. The van der Waals surface area contributed by atoms with Crippen LogP contribution in [0.5, 0.6) is 11.5 Å². The molecule has 4 nitrogen and oxygen atoms in total. The molecule has 2 fully saturated rings. The van der Waals surface area contributed by atoms with Crippen molar-refractivity contribution < 1.29 is 14.3 Å². The molecule has 2 aliphatic rings. The van der Waals surface area contributed by atoms with E-state index in [1.165, 1.54) is 6.42 Å². The van der Waals surface area contributed by atoms with Crippen molar-refractivity contribution in [3.63, 3.8) is 0 Å². The molecular weight excluding hydrogens is 254 g/mol. The van der Waals surface area contributed by atoms with Crippen molar-refractivity contribution in [2.75, 3.05) is 7.11 Å². The number of para-hydroxylation sites is 1. The van der Waals surface area contributed by atoms with E-state index in [2.05, 4.69) is 4.99 Å². The van der Waals surface area contributed by atoms with Gasteiger partial charge in [-0.1, -0.05) is 12.1 Å². The first kappa shape index (κ1) is 13.2. The Balaban J connectivity index is 2.01. The van der Waals surface area contributed by atoms with Crippen molar-refractivity contribution in [3.8, 4) is 11.5 Å². The number of carbonyl (C=O) groups excluding carboxylic acids is 1. The van der Waals surface area contributed by atoms with Crippen LogP contribution in [0.4, 0.5) is 0 Å². The van der Waals surface area contributed by atoms with Crippen LogP contribution in [0.3, 0.4) is 0 Å². The zero-order valence-electron chi connectivity index (χ0n) is 11.7. The number of ether oxygens (including phenoxy) is 2. The average Bonchev–Trinajstić information content (AvgIpc) is 2.38. The van der Waals surface area contributed by atoms with Crippen LogP contribution in [0.2, 0.25) is 0 Å². The Morgan fingerprint density at radius 1 is 1.30 bits per heavy atom. The summed E-state index contributed by atoms with van der Waals surface area (Å²) in [6.07, 6.45) is 8.20. The summed E-state index contributed by atoms with van der Waals surface area (Å²) in [6.45, 7) is 0. The van der Waals surface area contributed by atoms with Gasteiger partial charge in [-0.15, -0.1) is 0 Å². The molecule has 1 aromatic rings. The molecule has 106 valence electrons. The molecule has 0 aliphatic heterocycles. The lowest BCUT2D eigenvalue weighted by atomic mass is 9.72. The first-order chi connectivity index (χ1) is 9.79. The van der Waals surface area contributed by atoms with Gasteiger partial charge in [0.2, 0.25) is 6.08 Å². The summed E-state index contributed by atoms with van der Waals surface area (Å²) in [5, 5.41) is 0. The van der Waals surface area contributed by atoms with Crippen molar-refractivity contribution >= 4 is 6.08 Å². The fourth-order valence-corrected chi connectivity index (χ4v) is 2.86. The number of hydrogen-bond acceptors (Lipinski definition) is 4. The SMILES string of the molecule is COc1cccc(C2(N=C=O)CCC2)c1OC1CCC1. The van der Waals surface area contributed by atoms with Crippen LogP contribution in [-0.4, -0.2) is 19.3 Å². The number of isocyanates is 1. The van der Waals surface area contributed by atoms with E-state index in [0.29, 0.717) is 0 Å². The molecule has 4 heteroatoms. The lowest BCUT2D eigenvalue weighted by Gasteiger charge is -2.39. The predicted octanol–water partition coefficient (Wildman–Crippen LogP) is 3.34. The third-order valence-electron chi connectivity index (χ3n) is 4.48. The monoisotopic (exact) mass is 273 g/mol. The maximum absolute atomic E-state index is 10.8. The minimum Gasteiger partial charge on any atom is -0.493 e. The highest BCUT2D eigenvalue weighted by Gasteiger charge is 2.42. The molecule has 1 aromatic carbocycles. The van der Waals surface area contributed by atoms with Gasteiger partial charge < -0.3 is 9.47 Å². The van der Waals surface area contributed by atoms with Crippen LogP contribution in [0.25, 0.3) is 0 Å². The van der Waals surface area contributed by atoms with Gasteiger partial charge in [0.25, 0.3) is 0 Å². The van der Waals surface area contributed by atoms with Crippen LogP contribution in [0, 0.1) is 0 Å². The highest BCUT2D eigenvalue weighted by Crippen LogP contribution is 2.51. The van der Waals surface area contributed by atoms with Crippen LogP contribution in [0.15, 0.2) is 23.2 Å². The van der Waals surface area contributed by atoms with Crippen LogP contribution >= 0.6 is 0 Å². The lowest BCUT2D eigenvalue weighted by Crippen LogP contribution is -2.34. The molecule has 2 saturated carbocycles. The number of benzene rings is 1. The quantitative estimate of drug-likeness (QED) is 0.610. The topological polar surface area (TPSA) is 47.9 Å². The molecule has 2 aliphatic carbocycles. The number of methoxy groups -OCH3 is 1. The summed E-state index contributed by atoms with van der Waals surface area (Å²) in [4.78, 5) is 14.9. The van der Waals surface area contributed by atoms with E-state index in [1.54, 1.807) is 13.2 Å². The second kappa shape index (κ2) is 5.29. The number of hydrogen-bond donors (Lipinski definition) is 0. The average molecular weight is 273 g/mol. The second-order valence-corrected chi connectivity index (χ2v) is 5.60. The largest absolute Gasteiger partial charge is 0.493 e. The summed E-state index contributed by atoms with van der Waals surface area (Å²) >= 11 is 0. The predicted molar refractivity (Wildman–Crippen MR) is 74.9 cm³/mol. The van der Waals surface area contributed by atoms with E-state index in [4.69, 9.17) is 9.47 Å². The smallest absolute Gasteiger partial charge is 0.235 e. The van der Waals surface area contributed by atoms with Gasteiger partial charge in [0.05, 0.1) is 13.2 Å². The highest BCUT2D eigenvalue weighted by atomic mass is 16.5. The molecule has 0 bridgehead atoms. The molecule has 20 heavy (non-hydrogen) atoms. The molecule has 0 unspecified atom stereocenters. The Bertz CT molecular complexity index is 541. The van der Waals surface area contributed by atoms with E-state index in [9.17, 15) is 4.79 Å². The van der Waals surface area contributed by atoms with Gasteiger partial charge in [-0.2, -0.15) is 4.99 Å². The molecule has 0 aromatic heterocycles. The molecule has 0 spiro atoms. The number of nitrogens with zero attached hydrogens (tertiary/aromatic N) is 1. The van der Waals surface area contributed by atoms with E-state index in [1.807, 2.05) is 18.2 Å². The van der Waals surface area contributed by atoms with Gasteiger partial charge in [-0.3, -0.25) is 0 Å². The fraction of sp³-hybridized carbons (Fsp3) is 0.562. The second-order valence-electron chi connectivity index (χ2n) is 5.60. The molecule has 0 atom stereocenters. The van der Waals surface area contributed by atoms with Crippen LogP contribution in [0.1, 0.15) is 44.1 Å². The van der Waals surface area contributed by atoms with Crippen molar-refractivity contribution in [2.45, 2.75) is 50.2 Å². The first-order valence-electron chi connectivity index (χ1n) is 7.22. The zero-order valence-corrected chi connectivity index (χ0v) is 11.7. The summed E-state index contributed by atoms with van der Waals surface area (Å²) in [7, 11) is 1.64. The summed E-state index contributed by atoms with van der Waals surface area (Å²) in [5.74, 6) is 1.49. The molecule has 0 saturated heterocycles. The summed E-state index contributed by atoms with van der Waals surface area (Å²) in [5.41, 5.74) is 0.522. The molecule has 3 rings (SSSR count). The minimum atomic E-state index is -0.449. The van der Waals surface area contributed by atoms with Crippen molar-refractivity contribution in [1.29, 1.82) is 0 Å². The maximum Gasteiger partial charge on any atom is 0.235 e. The maximum atomic E-state index is 10.8. The number of aliphatic imine (C=N–C) groups is 1. The van der Waals surface area contributed by atoms with Gasteiger partial charge in [-0.05, 0) is 44.6 Å². The molecule has 0 heterocycles. The third-order valence-corrected chi connectivity index (χ3v) is 4.48. The Kier molecular flexibility index (Phi) is 3.49. The molecule has 0 amide bonds. The van der Waals surface area contributed by atoms with Crippen molar-refractivity contribution in [3.05, 3.63) is 23.8 Å². The Labute approximate surface area is 118 Å². The van der Waals surface area contributed by atoms with Gasteiger partial charge in [0, 0.05) is 5.56 Å². The number of rotatable bonds is 5. The Hall–Kier alpha value is -1.80.